The predicted molar refractivity (Wildman–Crippen MR) is 80.7 cm³/mol. The molecule has 0 fully saturated rings. The highest BCUT2D eigenvalue weighted by molar-refractivity contribution is 6.31. The van der Waals surface area contributed by atoms with Crippen LogP contribution in [0.4, 0.5) is 0 Å². The van der Waals surface area contributed by atoms with Crippen LogP contribution in [-0.2, 0) is 12.8 Å². The Hall–Kier alpha value is -1.32. The zero-order valence-electron chi connectivity index (χ0n) is 11.1. The Bertz CT molecular complexity index is 659. The zero-order valence-corrected chi connectivity index (χ0v) is 12.6. The topological polar surface area (TPSA) is 35.0 Å². The fourth-order valence-corrected chi connectivity index (χ4v) is 2.96. The summed E-state index contributed by atoms with van der Waals surface area (Å²) in [4.78, 5) is 9.09. The first-order chi connectivity index (χ1) is 9.69. The summed E-state index contributed by atoms with van der Waals surface area (Å²) in [5.41, 5.74) is 2.96. The molecule has 5 heteroatoms. The van der Waals surface area contributed by atoms with E-state index in [1.54, 1.807) is 19.2 Å². The Morgan fingerprint density at radius 2 is 1.90 bits per heavy atom. The molecule has 0 aliphatic heterocycles. The molecule has 1 aliphatic rings. The molecule has 0 bridgehead atoms. The van der Waals surface area contributed by atoms with Crippen molar-refractivity contribution in [2.45, 2.75) is 25.7 Å². The Morgan fingerprint density at radius 3 is 2.70 bits per heavy atom. The van der Waals surface area contributed by atoms with Gasteiger partial charge in [-0.2, -0.15) is 0 Å². The minimum Gasteiger partial charge on any atom is -0.496 e. The summed E-state index contributed by atoms with van der Waals surface area (Å²) in [6, 6.07) is 5.42. The fourth-order valence-electron chi connectivity index (χ4n) is 2.52. The highest BCUT2D eigenvalue weighted by atomic mass is 35.5. The zero-order chi connectivity index (χ0) is 14.1. The van der Waals surface area contributed by atoms with Crippen LogP contribution in [0.2, 0.25) is 10.2 Å². The molecule has 3 rings (SSSR count). The second-order valence-electron chi connectivity index (χ2n) is 4.81. The maximum Gasteiger partial charge on any atom is 0.164 e. The van der Waals surface area contributed by atoms with Gasteiger partial charge in [0.2, 0.25) is 0 Å². The molecule has 3 nitrogen and oxygen atoms in total. The highest BCUT2D eigenvalue weighted by Crippen LogP contribution is 2.33. The van der Waals surface area contributed by atoms with Gasteiger partial charge in [0, 0.05) is 16.3 Å². The second-order valence-corrected chi connectivity index (χ2v) is 5.61. The van der Waals surface area contributed by atoms with Gasteiger partial charge in [0.1, 0.15) is 10.9 Å². The highest BCUT2D eigenvalue weighted by Gasteiger charge is 2.18. The Kier molecular flexibility index (Phi) is 3.81. The van der Waals surface area contributed by atoms with Crippen molar-refractivity contribution in [1.29, 1.82) is 0 Å². The maximum atomic E-state index is 6.31. The summed E-state index contributed by atoms with van der Waals surface area (Å²) in [5, 5.41) is 1.18. The number of aromatic nitrogens is 2. The molecule has 0 atom stereocenters. The number of nitrogens with zero attached hydrogens (tertiary/aromatic N) is 2. The van der Waals surface area contributed by atoms with Gasteiger partial charge in [0.25, 0.3) is 0 Å². The smallest absolute Gasteiger partial charge is 0.164 e. The minimum absolute atomic E-state index is 0.557. The Labute approximate surface area is 127 Å². The van der Waals surface area contributed by atoms with E-state index < -0.39 is 0 Å². The van der Waals surface area contributed by atoms with Crippen LogP contribution in [0.5, 0.6) is 5.75 Å². The van der Waals surface area contributed by atoms with Crippen LogP contribution in [0.3, 0.4) is 0 Å². The van der Waals surface area contributed by atoms with E-state index in [1.807, 2.05) is 6.07 Å². The average molecular weight is 309 g/mol. The van der Waals surface area contributed by atoms with Crippen molar-refractivity contribution in [1.82, 2.24) is 9.97 Å². The van der Waals surface area contributed by atoms with Crippen LogP contribution < -0.4 is 4.74 Å². The molecule has 0 saturated heterocycles. The third-order valence-corrected chi connectivity index (χ3v) is 4.08. The first-order valence-electron chi connectivity index (χ1n) is 6.58. The summed E-state index contributed by atoms with van der Waals surface area (Å²) in [6.07, 6.45) is 4.23. The SMILES string of the molecule is COc1cc(Cl)ccc1-c1nc(Cl)c2c(n1)CCCC2. The first-order valence-corrected chi connectivity index (χ1v) is 7.34. The number of fused-ring (bicyclic) bond motifs is 1. The monoisotopic (exact) mass is 308 g/mol. The molecule has 0 N–H and O–H groups in total. The molecule has 0 unspecified atom stereocenters. The fraction of sp³-hybridized carbons (Fsp3) is 0.333. The molecule has 20 heavy (non-hydrogen) atoms. The molecule has 0 saturated carbocycles. The van der Waals surface area contributed by atoms with Crippen LogP contribution in [0.25, 0.3) is 11.4 Å². The van der Waals surface area contributed by atoms with Gasteiger partial charge in [0.05, 0.1) is 12.7 Å². The summed E-state index contributed by atoms with van der Waals surface area (Å²) >= 11 is 12.3. The Morgan fingerprint density at radius 1 is 1.10 bits per heavy atom. The lowest BCUT2D eigenvalue weighted by atomic mass is 9.97. The van der Waals surface area contributed by atoms with Gasteiger partial charge >= 0.3 is 0 Å². The van der Waals surface area contributed by atoms with Crippen LogP contribution in [0.15, 0.2) is 18.2 Å². The lowest BCUT2D eigenvalue weighted by molar-refractivity contribution is 0.416. The molecule has 0 amide bonds. The van der Waals surface area contributed by atoms with Crippen LogP contribution in [0.1, 0.15) is 24.1 Å². The lowest BCUT2D eigenvalue weighted by Gasteiger charge is -2.17. The van der Waals surface area contributed by atoms with E-state index in [9.17, 15) is 0 Å². The second kappa shape index (κ2) is 5.58. The first kappa shape index (κ1) is 13.7. The molecule has 1 aromatic carbocycles. The van der Waals surface area contributed by atoms with Crippen molar-refractivity contribution in [2.24, 2.45) is 0 Å². The molecule has 0 radical (unpaired) electrons. The van der Waals surface area contributed by atoms with Crippen LogP contribution in [0, 0.1) is 0 Å². The number of hydrogen-bond acceptors (Lipinski definition) is 3. The number of methoxy groups -OCH3 is 1. The van der Waals surface area contributed by atoms with Crippen molar-refractivity contribution in [3.8, 4) is 17.1 Å². The van der Waals surface area contributed by atoms with Gasteiger partial charge in [-0.05, 0) is 43.9 Å². The number of hydrogen-bond donors (Lipinski definition) is 0. The van der Waals surface area contributed by atoms with Crippen LogP contribution in [-0.4, -0.2) is 17.1 Å². The van der Waals surface area contributed by atoms with Crippen molar-refractivity contribution in [3.63, 3.8) is 0 Å². The van der Waals surface area contributed by atoms with Crippen molar-refractivity contribution >= 4 is 23.2 Å². The quantitative estimate of drug-likeness (QED) is 0.774. The van der Waals surface area contributed by atoms with Gasteiger partial charge in [-0.3, -0.25) is 0 Å². The summed E-state index contributed by atoms with van der Waals surface area (Å²) in [6.45, 7) is 0. The van der Waals surface area contributed by atoms with E-state index in [-0.39, 0.29) is 0 Å². The van der Waals surface area contributed by atoms with Crippen molar-refractivity contribution in [2.75, 3.05) is 7.11 Å². The van der Waals surface area contributed by atoms with E-state index in [2.05, 4.69) is 9.97 Å². The predicted octanol–water partition coefficient (Wildman–Crippen LogP) is 4.34. The van der Waals surface area contributed by atoms with E-state index in [0.29, 0.717) is 21.7 Å². The van der Waals surface area contributed by atoms with Gasteiger partial charge in [-0.15, -0.1) is 0 Å². The van der Waals surface area contributed by atoms with E-state index in [0.717, 1.165) is 42.5 Å². The average Bonchev–Trinajstić information content (AvgIpc) is 2.47. The molecule has 1 heterocycles. The Balaban J connectivity index is 2.13. The standard InChI is InChI=1S/C15H14Cl2N2O/c1-20-13-8-9(16)6-7-11(13)15-18-12-5-3-2-4-10(12)14(17)19-15/h6-8H,2-5H2,1H3. The van der Waals surface area contributed by atoms with Gasteiger partial charge in [-0.1, -0.05) is 23.2 Å². The van der Waals surface area contributed by atoms with E-state index >= 15 is 0 Å². The van der Waals surface area contributed by atoms with Crippen molar-refractivity contribution < 1.29 is 4.74 Å². The molecular formula is C15H14Cl2N2O. The van der Waals surface area contributed by atoms with Gasteiger partial charge in [0.15, 0.2) is 5.82 Å². The van der Waals surface area contributed by atoms with E-state index in [1.165, 1.54) is 0 Å². The van der Waals surface area contributed by atoms with Crippen molar-refractivity contribution in [3.05, 3.63) is 39.6 Å². The number of ether oxygens (including phenoxy) is 1. The minimum atomic E-state index is 0.557. The van der Waals surface area contributed by atoms with Crippen LogP contribution >= 0.6 is 23.2 Å². The molecule has 104 valence electrons. The number of halogens is 2. The summed E-state index contributed by atoms with van der Waals surface area (Å²) < 4.78 is 5.36. The van der Waals surface area contributed by atoms with Gasteiger partial charge < -0.3 is 4.74 Å². The van der Waals surface area contributed by atoms with Gasteiger partial charge in [-0.25, -0.2) is 9.97 Å². The molecule has 1 aromatic heterocycles. The summed E-state index contributed by atoms with van der Waals surface area (Å²) in [7, 11) is 1.61. The number of benzene rings is 1. The summed E-state index contributed by atoms with van der Waals surface area (Å²) in [5.74, 6) is 1.26. The third-order valence-electron chi connectivity index (χ3n) is 3.54. The lowest BCUT2D eigenvalue weighted by Crippen LogP contribution is -2.09. The normalized spacial score (nSPS) is 13.9. The number of rotatable bonds is 2. The molecule has 1 aliphatic carbocycles. The third kappa shape index (κ3) is 2.48. The van der Waals surface area contributed by atoms with E-state index in [4.69, 9.17) is 27.9 Å². The molecule has 2 aromatic rings. The molecule has 0 spiro atoms. The maximum absolute atomic E-state index is 6.31. The number of aryl methyl sites for hydroxylation is 1. The molecular weight excluding hydrogens is 295 g/mol. The largest absolute Gasteiger partial charge is 0.496 e.